The molecule has 0 aliphatic carbocycles. The minimum absolute atomic E-state index is 0. The number of carboxylic acids is 2. The zero-order valence-corrected chi connectivity index (χ0v) is 12.4. The van der Waals surface area contributed by atoms with Gasteiger partial charge in [-0.15, -0.1) is 6.58 Å². The van der Waals surface area contributed by atoms with Crippen molar-refractivity contribution in [2.45, 2.75) is 12.5 Å². The SMILES string of the molecule is C=CCN[C@@H](CC(=O)[O-])C(=O)[O-].[Na+].[Na+]. The molecule has 0 heterocycles. The van der Waals surface area contributed by atoms with E-state index in [2.05, 4.69) is 11.9 Å². The third kappa shape index (κ3) is 10.7. The molecule has 0 radical (unpaired) electrons. The molecule has 0 aromatic carbocycles. The molecule has 68 valence electrons. The number of nitrogens with one attached hydrogen (secondary N) is 1. The fourth-order valence-corrected chi connectivity index (χ4v) is 0.631. The van der Waals surface area contributed by atoms with Crippen LogP contribution in [0, 0.1) is 0 Å². The maximum Gasteiger partial charge on any atom is 1.00 e. The molecule has 0 bridgehead atoms. The van der Waals surface area contributed by atoms with Gasteiger partial charge in [0.2, 0.25) is 0 Å². The van der Waals surface area contributed by atoms with Crippen LogP contribution in [-0.4, -0.2) is 24.5 Å². The van der Waals surface area contributed by atoms with Crippen LogP contribution in [0.4, 0.5) is 0 Å². The van der Waals surface area contributed by atoms with Crippen LogP contribution in [0.5, 0.6) is 0 Å². The van der Waals surface area contributed by atoms with E-state index in [0.717, 1.165) is 0 Å². The van der Waals surface area contributed by atoms with Gasteiger partial charge in [-0.25, -0.2) is 0 Å². The molecule has 0 aromatic heterocycles. The molecule has 1 N–H and O–H groups in total. The van der Waals surface area contributed by atoms with Crippen molar-refractivity contribution in [3.05, 3.63) is 12.7 Å². The Balaban J connectivity index is -0.000000605. The van der Waals surface area contributed by atoms with Crippen molar-refractivity contribution in [3.8, 4) is 0 Å². The van der Waals surface area contributed by atoms with Gasteiger partial charge < -0.3 is 25.1 Å². The van der Waals surface area contributed by atoms with Crippen LogP contribution in [-0.2, 0) is 9.59 Å². The van der Waals surface area contributed by atoms with Crippen molar-refractivity contribution in [1.82, 2.24) is 5.32 Å². The van der Waals surface area contributed by atoms with Crippen LogP contribution in [0.2, 0.25) is 0 Å². The van der Waals surface area contributed by atoms with Gasteiger partial charge in [0, 0.05) is 18.9 Å². The Kier molecular flexibility index (Phi) is 16.8. The van der Waals surface area contributed by atoms with Gasteiger partial charge in [-0.3, -0.25) is 0 Å². The quantitative estimate of drug-likeness (QED) is 0.352. The molecule has 0 aromatic rings. The summed E-state index contributed by atoms with van der Waals surface area (Å²) in [6.07, 6.45) is 0.821. The van der Waals surface area contributed by atoms with Crippen molar-refractivity contribution >= 4 is 11.9 Å². The number of aliphatic carboxylic acids is 2. The van der Waals surface area contributed by atoms with Crippen molar-refractivity contribution in [2.75, 3.05) is 6.54 Å². The molecule has 0 saturated carbocycles. The first-order valence-electron chi connectivity index (χ1n) is 3.33. The largest absolute Gasteiger partial charge is 1.00 e. The van der Waals surface area contributed by atoms with E-state index in [-0.39, 0.29) is 65.7 Å². The van der Waals surface area contributed by atoms with Crippen LogP contribution in [0.1, 0.15) is 6.42 Å². The third-order valence-corrected chi connectivity index (χ3v) is 1.16. The minimum Gasteiger partial charge on any atom is -0.550 e. The summed E-state index contributed by atoms with van der Waals surface area (Å²) < 4.78 is 0. The normalized spacial score (nSPS) is 10.3. The summed E-state index contributed by atoms with van der Waals surface area (Å²) in [4.78, 5) is 20.3. The second-order valence-corrected chi connectivity index (χ2v) is 2.14. The average Bonchev–Trinajstić information content (AvgIpc) is 1.96. The van der Waals surface area contributed by atoms with Gasteiger partial charge in [-0.2, -0.15) is 0 Å². The van der Waals surface area contributed by atoms with E-state index in [1.165, 1.54) is 6.08 Å². The van der Waals surface area contributed by atoms with Crippen molar-refractivity contribution in [1.29, 1.82) is 0 Å². The van der Waals surface area contributed by atoms with Gasteiger partial charge in [0.15, 0.2) is 0 Å². The first-order valence-corrected chi connectivity index (χ1v) is 3.33. The second kappa shape index (κ2) is 11.7. The van der Waals surface area contributed by atoms with Crippen molar-refractivity contribution < 1.29 is 78.9 Å². The van der Waals surface area contributed by atoms with E-state index in [0.29, 0.717) is 0 Å². The zero-order chi connectivity index (χ0) is 9.56. The molecule has 0 saturated heterocycles. The smallest absolute Gasteiger partial charge is 0.550 e. The number of hydrogen-bond donors (Lipinski definition) is 1. The summed E-state index contributed by atoms with van der Waals surface area (Å²) in [5, 5.41) is 22.7. The van der Waals surface area contributed by atoms with Gasteiger partial charge in [0.1, 0.15) is 0 Å². The van der Waals surface area contributed by atoms with Crippen LogP contribution in [0.15, 0.2) is 12.7 Å². The standard InChI is InChI=1S/C7H11NO4.2Na/c1-2-3-8-5(7(11)12)4-6(9)10;;/h2,5,8H,1,3-4H2,(H,9,10)(H,11,12);;/q;2*+1/p-2/t5-;;/m0../s1. The molecule has 0 amide bonds. The summed E-state index contributed by atoms with van der Waals surface area (Å²) in [5.74, 6) is -2.89. The van der Waals surface area contributed by atoms with E-state index in [1.807, 2.05) is 0 Å². The number of carbonyl (C=O) groups excluding carboxylic acids is 2. The van der Waals surface area contributed by atoms with Gasteiger partial charge in [0.05, 0.1) is 12.0 Å². The number of hydrogen-bond acceptors (Lipinski definition) is 5. The van der Waals surface area contributed by atoms with Gasteiger partial charge >= 0.3 is 59.1 Å². The third-order valence-electron chi connectivity index (χ3n) is 1.16. The molecule has 0 aliphatic heterocycles. The molecular weight excluding hydrogens is 208 g/mol. The maximum absolute atomic E-state index is 10.2. The van der Waals surface area contributed by atoms with Crippen LogP contribution in [0.3, 0.4) is 0 Å². The Labute approximate surface area is 127 Å². The van der Waals surface area contributed by atoms with Gasteiger partial charge in [-0.05, 0) is 0 Å². The average molecular weight is 217 g/mol. The zero-order valence-electron chi connectivity index (χ0n) is 8.41. The molecule has 14 heavy (non-hydrogen) atoms. The maximum atomic E-state index is 10.2. The predicted molar refractivity (Wildman–Crippen MR) is 36.6 cm³/mol. The van der Waals surface area contributed by atoms with E-state index in [4.69, 9.17) is 0 Å². The van der Waals surface area contributed by atoms with Crippen molar-refractivity contribution in [2.24, 2.45) is 0 Å². The van der Waals surface area contributed by atoms with E-state index in [9.17, 15) is 19.8 Å². The Morgan fingerprint density at radius 2 is 1.86 bits per heavy atom. The molecule has 0 fully saturated rings. The van der Waals surface area contributed by atoms with E-state index >= 15 is 0 Å². The van der Waals surface area contributed by atoms with Gasteiger partial charge in [-0.1, -0.05) is 6.08 Å². The Hall–Kier alpha value is 0.640. The first kappa shape index (κ1) is 20.1. The summed E-state index contributed by atoms with van der Waals surface area (Å²) in [7, 11) is 0. The van der Waals surface area contributed by atoms with Crippen molar-refractivity contribution in [3.63, 3.8) is 0 Å². The van der Waals surface area contributed by atoms with Crippen LogP contribution >= 0.6 is 0 Å². The number of carboxylic acid groups (broad SMARTS) is 2. The summed E-state index contributed by atoms with van der Waals surface area (Å²) >= 11 is 0. The molecular formula is C7H9NNa2O4. The van der Waals surface area contributed by atoms with Crippen LogP contribution in [0.25, 0.3) is 0 Å². The summed E-state index contributed by atoms with van der Waals surface area (Å²) in [6, 6.07) is -1.21. The summed E-state index contributed by atoms with van der Waals surface area (Å²) in [5.41, 5.74) is 0. The number of carbonyl (C=O) groups is 2. The molecule has 5 nitrogen and oxygen atoms in total. The predicted octanol–water partition coefficient (Wildman–Crippen LogP) is -8.97. The molecule has 0 aliphatic rings. The number of rotatable bonds is 6. The van der Waals surface area contributed by atoms with Gasteiger partial charge in [0.25, 0.3) is 0 Å². The Morgan fingerprint density at radius 1 is 1.36 bits per heavy atom. The Morgan fingerprint density at radius 3 is 2.14 bits per heavy atom. The molecule has 0 unspecified atom stereocenters. The minimum atomic E-state index is -1.46. The topological polar surface area (TPSA) is 92.3 Å². The molecule has 0 spiro atoms. The fraction of sp³-hybridized carbons (Fsp3) is 0.429. The molecule has 7 heteroatoms. The Bertz CT molecular complexity index is 198. The molecule has 1 atom stereocenters. The molecule has 0 rings (SSSR count). The fourth-order valence-electron chi connectivity index (χ4n) is 0.631. The first-order chi connectivity index (χ1) is 5.57. The monoisotopic (exact) mass is 217 g/mol. The van der Waals surface area contributed by atoms with E-state index in [1.54, 1.807) is 0 Å². The second-order valence-electron chi connectivity index (χ2n) is 2.14. The summed E-state index contributed by atoms with van der Waals surface area (Å²) in [6.45, 7) is 3.55. The van der Waals surface area contributed by atoms with E-state index < -0.39 is 24.4 Å². The van der Waals surface area contributed by atoms with Crippen LogP contribution < -0.4 is 74.6 Å².